The first-order valence-electron chi connectivity index (χ1n) is 7.18. The number of nitrogens with zero attached hydrogens (tertiary/aromatic N) is 1. The molecule has 6 nitrogen and oxygen atoms in total. The maximum absolute atomic E-state index is 13.8. The monoisotopic (exact) mass is 324 g/mol. The maximum Gasteiger partial charge on any atom is 0.307 e. The van der Waals surface area contributed by atoms with Gasteiger partial charge in [-0.3, -0.25) is 14.4 Å². The van der Waals surface area contributed by atoms with Crippen LogP contribution < -0.4 is 10.2 Å². The van der Waals surface area contributed by atoms with Gasteiger partial charge in [0.2, 0.25) is 11.8 Å². The molecule has 2 amide bonds. The van der Waals surface area contributed by atoms with Crippen LogP contribution in [0.4, 0.5) is 14.5 Å². The number of amides is 2. The Morgan fingerprint density at radius 1 is 1.22 bits per heavy atom. The highest BCUT2D eigenvalue weighted by Gasteiger charge is 2.49. The number of hydrogen-bond acceptors (Lipinski definition) is 3. The van der Waals surface area contributed by atoms with E-state index in [-0.39, 0.29) is 19.4 Å². The van der Waals surface area contributed by atoms with Gasteiger partial charge in [0.15, 0.2) is 0 Å². The molecule has 0 spiro atoms. The molecule has 1 heterocycles. The third-order valence-corrected chi connectivity index (χ3v) is 4.17. The lowest BCUT2D eigenvalue weighted by Gasteiger charge is -2.18. The van der Waals surface area contributed by atoms with E-state index < -0.39 is 53.0 Å². The van der Waals surface area contributed by atoms with Gasteiger partial charge >= 0.3 is 5.97 Å². The minimum absolute atomic E-state index is 0.0780. The molecular weight excluding hydrogens is 310 g/mol. The largest absolute Gasteiger partial charge is 0.481 e. The van der Waals surface area contributed by atoms with Gasteiger partial charge in [-0.05, 0) is 25.0 Å². The van der Waals surface area contributed by atoms with Crippen LogP contribution in [0.25, 0.3) is 0 Å². The molecule has 3 rings (SSSR count). The van der Waals surface area contributed by atoms with Gasteiger partial charge in [0, 0.05) is 6.54 Å². The molecule has 0 bridgehead atoms. The van der Waals surface area contributed by atoms with Crippen LogP contribution >= 0.6 is 0 Å². The minimum Gasteiger partial charge on any atom is -0.481 e. The SMILES string of the molecule is O=C(N[C@@H]1CCN(c2c(F)cccc2F)C1=O)[C@H]1C[C@H]1C(=O)O. The van der Waals surface area contributed by atoms with Gasteiger partial charge in [-0.15, -0.1) is 0 Å². The summed E-state index contributed by atoms with van der Waals surface area (Å²) in [4.78, 5) is 35.9. The summed E-state index contributed by atoms with van der Waals surface area (Å²) in [5, 5.41) is 11.3. The number of rotatable bonds is 4. The molecule has 8 heteroatoms. The van der Waals surface area contributed by atoms with Gasteiger partial charge in [0.25, 0.3) is 0 Å². The molecule has 0 unspecified atom stereocenters. The second-order valence-electron chi connectivity index (χ2n) is 5.70. The summed E-state index contributed by atoms with van der Waals surface area (Å²) in [6, 6.07) is 2.42. The fraction of sp³-hybridized carbons (Fsp3) is 0.400. The first kappa shape index (κ1) is 15.4. The molecule has 3 atom stereocenters. The zero-order valence-corrected chi connectivity index (χ0v) is 12.0. The van der Waals surface area contributed by atoms with Crippen LogP contribution in [0.3, 0.4) is 0 Å². The molecule has 2 fully saturated rings. The molecule has 2 N–H and O–H groups in total. The molecule has 1 aliphatic heterocycles. The van der Waals surface area contributed by atoms with E-state index in [1.165, 1.54) is 6.07 Å². The van der Waals surface area contributed by atoms with Crippen LogP contribution in [0.15, 0.2) is 18.2 Å². The molecule has 0 aromatic heterocycles. The molecule has 122 valence electrons. The molecule has 0 radical (unpaired) electrons. The van der Waals surface area contributed by atoms with Gasteiger partial charge in [-0.1, -0.05) is 6.07 Å². The summed E-state index contributed by atoms with van der Waals surface area (Å²) < 4.78 is 27.5. The van der Waals surface area contributed by atoms with E-state index in [0.717, 1.165) is 17.0 Å². The Bertz CT molecular complexity index is 674. The van der Waals surface area contributed by atoms with Crippen molar-refractivity contribution in [3.63, 3.8) is 0 Å². The Kier molecular flexibility index (Phi) is 3.75. The van der Waals surface area contributed by atoms with Crippen LogP contribution in [0.5, 0.6) is 0 Å². The van der Waals surface area contributed by atoms with Crippen molar-refractivity contribution < 1.29 is 28.3 Å². The second kappa shape index (κ2) is 5.60. The third-order valence-electron chi connectivity index (χ3n) is 4.17. The molecule has 23 heavy (non-hydrogen) atoms. The maximum atomic E-state index is 13.8. The summed E-state index contributed by atoms with van der Waals surface area (Å²) in [6.07, 6.45) is 0.455. The van der Waals surface area contributed by atoms with Crippen molar-refractivity contribution in [1.29, 1.82) is 0 Å². The quantitative estimate of drug-likeness (QED) is 0.862. The third kappa shape index (κ3) is 2.76. The van der Waals surface area contributed by atoms with E-state index in [1.807, 2.05) is 0 Å². The smallest absolute Gasteiger partial charge is 0.307 e. The van der Waals surface area contributed by atoms with Crippen molar-refractivity contribution in [3.8, 4) is 0 Å². The molecule has 1 aromatic carbocycles. The predicted octanol–water partition coefficient (Wildman–Crippen LogP) is 0.907. The van der Waals surface area contributed by atoms with Crippen molar-refractivity contribution in [2.75, 3.05) is 11.4 Å². The Balaban J connectivity index is 1.68. The lowest BCUT2D eigenvalue weighted by molar-refractivity contribution is -0.140. The van der Waals surface area contributed by atoms with Crippen molar-refractivity contribution >= 4 is 23.5 Å². The minimum atomic E-state index is -1.04. The van der Waals surface area contributed by atoms with Crippen LogP contribution in [0.2, 0.25) is 0 Å². The van der Waals surface area contributed by atoms with Crippen LogP contribution in [-0.4, -0.2) is 35.5 Å². The molecule has 2 aliphatic rings. The second-order valence-corrected chi connectivity index (χ2v) is 5.70. The number of carbonyl (C=O) groups excluding carboxylic acids is 2. The number of aliphatic carboxylic acids is 1. The molecule has 1 saturated heterocycles. The summed E-state index contributed by atoms with van der Waals surface area (Å²) in [5.41, 5.74) is -0.427. The first-order valence-corrected chi connectivity index (χ1v) is 7.18. The van der Waals surface area contributed by atoms with E-state index in [9.17, 15) is 23.2 Å². The topological polar surface area (TPSA) is 86.7 Å². The van der Waals surface area contributed by atoms with Crippen LogP contribution in [0.1, 0.15) is 12.8 Å². The highest BCUT2D eigenvalue weighted by Crippen LogP contribution is 2.39. The fourth-order valence-corrected chi connectivity index (χ4v) is 2.82. The normalized spacial score (nSPS) is 26.3. The standard InChI is InChI=1S/C15H14F2N2O4/c16-9-2-1-3-10(17)12(9)19-5-4-11(14(19)21)18-13(20)7-6-8(7)15(22)23/h1-3,7-8,11H,4-6H2,(H,18,20)(H,22,23)/t7-,8+,11+/m0/s1. The summed E-state index contributed by atoms with van der Waals surface area (Å²) in [5.74, 6) is -5.21. The summed E-state index contributed by atoms with van der Waals surface area (Å²) in [7, 11) is 0. The van der Waals surface area contributed by atoms with Crippen molar-refractivity contribution in [2.24, 2.45) is 11.8 Å². The Morgan fingerprint density at radius 2 is 1.87 bits per heavy atom. The van der Waals surface area contributed by atoms with Gasteiger partial charge < -0.3 is 15.3 Å². The first-order chi connectivity index (χ1) is 10.9. The molecule has 1 saturated carbocycles. The average Bonchev–Trinajstić information content (AvgIpc) is 3.22. The number of halogens is 2. The fourth-order valence-electron chi connectivity index (χ4n) is 2.82. The lowest BCUT2D eigenvalue weighted by Crippen LogP contribution is -2.42. The van der Waals surface area contributed by atoms with E-state index in [2.05, 4.69) is 5.32 Å². The number of carboxylic acids is 1. The molecule has 1 aromatic rings. The number of carboxylic acid groups (broad SMARTS) is 1. The van der Waals surface area contributed by atoms with Gasteiger partial charge in [-0.25, -0.2) is 8.78 Å². The number of anilines is 1. The van der Waals surface area contributed by atoms with Crippen molar-refractivity contribution in [3.05, 3.63) is 29.8 Å². The Labute approximate surface area is 130 Å². The number of carbonyl (C=O) groups is 3. The summed E-state index contributed by atoms with van der Waals surface area (Å²) in [6.45, 7) is 0.0780. The average molecular weight is 324 g/mol. The van der Waals surface area contributed by atoms with E-state index in [1.54, 1.807) is 0 Å². The lowest BCUT2D eigenvalue weighted by atomic mass is 10.2. The predicted molar refractivity (Wildman–Crippen MR) is 74.5 cm³/mol. The zero-order valence-electron chi connectivity index (χ0n) is 12.0. The van der Waals surface area contributed by atoms with E-state index in [0.29, 0.717) is 0 Å². The van der Waals surface area contributed by atoms with Crippen molar-refractivity contribution in [1.82, 2.24) is 5.32 Å². The highest BCUT2D eigenvalue weighted by molar-refractivity contribution is 6.02. The number of benzene rings is 1. The molecular formula is C15H14F2N2O4. The van der Waals surface area contributed by atoms with E-state index >= 15 is 0 Å². The van der Waals surface area contributed by atoms with Crippen molar-refractivity contribution in [2.45, 2.75) is 18.9 Å². The number of para-hydroxylation sites is 1. The Hall–Kier alpha value is -2.51. The number of hydrogen-bond donors (Lipinski definition) is 2. The Morgan fingerprint density at radius 3 is 2.43 bits per heavy atom. The zero-order chi connectivity index (χ0) is 16.7. The van der Waals surface area contributed by atoms with Gasteiger partial charge in [-0.2, -0.15) is 0 Å². The van der Waals surface area contributed by atoms with Gasteiger partial charge in [0.05, 0.1) is 11.8 Å². The van der Waals surface area contributed by atoms with Crippen LogP contribution in [-0.2, 0) is 14.4 Å². The van der Waals surface area contributed by atoms with Gasteiger partial charge in [0.1, 0.15) is 23.4 Å². The van der Waals surface area contributed by atoms with E-state index in [4.69, 9.17) is 5.11 Å². The number of nitrogens with one attached hydrogen (secondary N) is 1. The summed E-state index contributed by atoms with van der Waals surface area (Å²) >= 11 is 0. The highest BCUT2D eigenvalue weighted by atomic mass is 19.1. The van der Waals surface area contributed by atoms with Crippen LogP contribution in [0, 0.1) is 23.5 Å². The molecule has 1 aliphatic carbocycles.